The zero-order chi connectivity index (χ0) is 25.0. The Kier molecular flexibility index (Phi) is 10.3. The minimum atomic E-state index is -1.26. The highest BCUT2D eigenvalue weighted by atomic mass is 16.5. The van der Waals surface area contributed by atoms with Crippen molar-refractivity contribution < 1.29 is 34.1 Å². The lowest BCUT2D eigenvalue weighted by atomic mass is 9.90. The molecular weight excluding hydrogens is 452 g/mol. The molecule has 2 saturated heterocycles. The number of benzene rings is 1. The van der Waals surface area contributed by atoms with Gasteiger partial charge in [0.2, 0.25) is 5.91 Å². The van der Waals surface area contributed by atoms with E-state index in [0.29, 0.717) is 44.6 Å². The van der Waals surface area contributed by atoms with Gasteiger partial charge in [-0.2, -0.15) is 0 Å². The Labute approximate surface area is 205 Å². The fourth-order valence-corrected chi connectivity index (χ4v) is 4.16. The number of hydrogen-bond acceptors (Lipinski definition) is 6. The smallest absolute Gasteiger partial charge is 0.328 e. The monoisotopic (exact) mass is 486 g/mol. The second-order valence-corrected chi connectivity index (χ2v) is 8.79. The van der Waals surface area contributed by atoms with Crippen molar-refractivity contribution in [1.82, 2.24) is 9.80 Å². The van der Waals surface area contributed by atoms with E-state index in [0.717, 1.165) is 30.2 Å². The number of carboxylic acid groups (broad SMARTS) is 2. The Morgan fingerprint density at radius 1 is 0.857 bits per heavy atom. The van der Waals surface area contributed by atoms with E-state index in [1.807, 2.05) is 35.2 Å². The van der Waals surface area contributed by atoms with Crippen LogP contribution in [0.15, 0.2) is 42.5 Å². The number of amides is 1. The average molecular weight is 487 g/mol. The lowest BCUT2D eigenvalue weighted by molar-refractivity contribution is -0.134. The molecule has 1 amide bonds. The van der Waals surface area contributed by atoms with Gasteiger partial charge in [0.25, 0.3) is 0 Å². The van der Waals surface area contributed by atoms with Gasteiger partial charge in [0.1, 0.15) is 11.9 Å². The zero-order valence-corrected chi connectivity index (χ0v) is 19.9. The maximum absolute atomic E-state index is 12.2. The van der Waals surface area contributed by atoms with Crippen LogP contribution >= 0.6 is 0 Å². The summed E-state index contributed by atoms with van der Waals surface area (Å²) in [4.78, 5) is 35.7. The lowest BCUT2D eigenvalue weighted by Crippen LogP contribution is -2.46. The molecule has 0 aromatic heterocycles. The summed E-state index contributed by atoms with van der Waals surface area (Å²) in [5.41, 5.74) is 1.02. The molecule has 2 N–H and O–H groups in total. The van der Waals surface area contributed by atoms with Crippen molar-refractivity contribution in [1.29, 1.82) is 0 Å². The van der Waals surface area contributed by atoms with E-state index in [-0.39, 0.29) is 5.91 Å². The summed E-state index contributed by atoms with van der Waals surface area (Å²) >= 11 is 0. The maximum atomic E-state index is 12.2. The first-order valence-corrected chi connectivity index (χ1v) is 12.1. The van der Waals surface area contributed by atoms with Crippen molar-refractivity contribution in [2.45, 2.75) is 44.2 Å². The highest BCUT2D eigenvalue weighted by Gasteiger charge is 2.29. The van der Waals surface area contributed by atoms with Gasteiger partial charge in [-0.15, -0.1) is 0 Å². The molecule has 9 heteroatoms. The van der Waals surface area contributed by atoms with Crippen LogP contribution in [-0.2, 0) is 19.1 Å². The number of nitrogens with zero attached hydrogens (tertiary/aromatic N) is 2. The first kappa shape index (κ1) is 26.4. The number of likely N-dealkylation sites (tertiary alicyclic amines) is 1. The third-order valence-corrected chi connectivity index (χ3v) is 6.36. The third kappa shape index (κ3) is 9.18. The molecule has 1 aromatic rings. The van der Waals surface area contributed by atoms with E-state index in [9.17, 15) is 14.4 Å². The van der Waals surface area contributed by atoms with Crippen LogP contribution in [0.4, 0.5) is 0 Å². The van der Waals surface area contributed by atoms with Crippen LogP contribution in [0.5, 0.6) is 5.75 Å². The molecule has 9 nitrogen and oxygen atoms in total. The van der Waals surface area contributed by atoms with E-state index >= 15 is 0 Å². The summed E-state index contributed by atoms with van der Waals surface area (Å²) in [6.07, 6.45) is 11.4. The van der Waals surface area contributed by atoms with Crippen LogP contribution in [0.1, 0.15) is 37.7 Å². The topological polar surface area (TPSA) is 117 Å². The Morgan fingerprint density at radius 3 is 1.97 bits per heavy atom. The third-order valence-electron chi connectivity index (χ3n) is 6.36. The van der Waals surface area contributed by atoms with Crippen molar-refractivity contribution in [2.75, 3.05) is 39.4 Å². The molecule has 0 bridgehead atoms. The van der Waals surface area contributed by atoms with Crippen molar-refractivity contribution in [3.8, 4) is 5.75 Å². The minimum absolute atomic E-state index is 0.0526. The molecule has 190 valence electrons. The number of ether oxygens (including phenoxy) is 2. The lowest BCUT2D eigenvalue weighted by Gasteiger charge is -2.41. The number of carboxylic acids is 2. The second kappa shape index (κ2) is 13.7. The largest absolute Gasteiger partial charge is 0.490 e. The van der Waals surface area contributed by atoms with Crippen LogP contribution in [-0.4, -0.2) is 89.4 Å². The number of rotatable bonds is 7. The molecule has 3 fully saturated rings. The first-order valence-electron chi connectivity index (χ1n) is 12.1. The molecule has 0 unspecified atom stereocenters. The van der Waals surface area contributed by atoms with Crippen LogP contribution in [0.2, 0.25) is 0 Å². The predicted molar refractivity (Wildman–Crippen MR) is 130 cm³/mol. The molecule has 0 spiro atoms. The normalized spacial score (nSPS) is 19.7. The van der Waals surface area contributed by atoms with Crippen LogP contribution in [0.3, 0.4) is 0 Å². The highest BCUT2D eigenvalue weighted by Crippen LogP contribution is 2.28. The Hall–Kier alpha value is -3.17. The fraction of sp³-hybridized carbons (Fsp3) is 0.500. The van der Waals surface area contributed by atoms with Crippen molar-refractivity contribution in [3.05, 3.63) is 48.1 Å². The molecule has 1 aromatic carbocycles. The van der Waals surface area contributed by atoms with E-state index in [1.54, 1.807) is 6.08 Å². The predicted octanol–water partition coefficient (Wildman–Crippen LogP) is 2.67. The van der Waals surface area contributed by atoms with Gasteiger partial charge in [0.15, 0.2) is 0 Å². The van der Waals surface area contributed by atoms with Crippen molar-refractivity contribution >= 4 is 23.9 Å². The Balaban J connectivity index is 0.000000371. The number of carbonyl (C=O) groups excluding carboxylic acids is 1. The number of hydrogen-bond donors (Lipinski definition) is 2. The second-order valence-electron chi connectivity index (χ2n) is 8.79. The maximum Gasteiger partial charge on any atom is 0.328 e. The molecule has 4 rings (SSSR count). The van der Waals surface area contributed by atoms with E-state index < -0.39 is 11.9 Å². The van der Waals surface area contributed by atoms with E-state index in [4.69, 9.17) is 19.7 Å². The van der Waals surface area contributed by atoms with Crippen LogP contribution in [0.25, 0.3) is 6.08 Å². The van der Waals surface area contributed by atoms with E-state index in [1.165, 1.54) is 32.4 Å². The summed E-state index contributed by atoms with van der Waals surface area (Å²) in [5.74, 6) is -1.54. The van der Waals surface area contributed by atoms with Gasteiger partial charge < -0.3 is 29.5 Å². The molecule has 1 aliphatic carbocycles. The van der Waals surface area contributed by atoms with Gasteiger partial charge in [-0.1, -0.05) is 18.6 Å². The molecular formula is C26H34N2O7. The standard InChI is InChI=1S/C22H30N2O3.C4H4O4/c25-22(24-14-16-26-17-15-24)9-6-18-4-7-20(8-5-18)27-21-10-12-23(13-11-21)19-2-1-3-19;5-3(6)1-2-4(7)8/h4-9,19,21H,1-3,10-17H2;1-2H,(H,5,6)(H,7,8)/b9-6+;2-1+. The number of aliphatic carboxylic acids is 2. The minimum Gasteiger partial charge on any atom is -0.490 e. The molecule has 2 aliphatic heterocycles. The Bertz CT molecular complexity index is 879. The van der Waals surface area contributed by atoms with Gasteiger partial charge in [-0.05, 0) is 49.5 Å². The SMILES string of the molecule is O=C(/C=C/c1ccc(OC2CCN(C3CCC3)CC2)cc1)N1CCOCC1.O=C(O)/C=C/C(=O)O. The van der Waals surface area contributed by atoms with E-state index in [2.05, 4.69) is 4.90 Å². The molecule has 35 heavy (non-hydrogen) atoms. The van der Waals surface area contributed by atoms with Gasteiger partial charge in [-0.3, -0.25) is 4.79 Å². The number of piperidine rings is 1. The fourth-order valence-electron chi connectivity index (χ4n) is 4.16. The first-order chi connectivity index (χ1) is 16.9. The Morgan fingerprint density at radius 2 is 1.46 bits per heavy atom. The highest BCUT2D eigenvalue weighted by molar-refractivity contribution is 5.92. The molecule has 3 aliphatic rings. The molecule has 0 atom stereocenters. The van der Waals surface area contributed by atoms with Gasteiger partial charge in [-0.25, -0.2) is 9.59 Å². The molecule has 1 saturated carbocycles. The summed E-state index contributed by atoms with van der Waals surface area (Å²) in [7, 11) is 0. The zero-order valence-electron chi connectivity index (χ0n) is 19.9. The number of carbonyl (C=O) groups is 3. The summed E-state index contributed by atoms with van der Waals surface area (Å²) in [6, 6.07) is 8.90. The van der Waals surface area contributed by atoms with Crippen molar-refractivity contribution in [3.63, 3.8) is 0 Å². The summed E-state index contributed by atoms with van der Waals surface area (Å²) in [5, 5.41) is 15.6. The molecule has 2 heterocycles. The summed E-state index contributed by atoms with van der Waals surface area (Å²) < 4.78 is 11.5. The van der Waals surface area contributed by atoms with Crippen LogP contribution in [0, 0.1) is 0 Å². The van der Waals surface area contributed by atoms with Gasteiger partial charge >= 0.3 is 11.9 Å². The van der Waals surface area contributed by atoms with Gasteiger partial charge in [0.05, 0.1) is 13.2 Å². The van der Waals surface area contributed by atoms with Crippen LogP contribution < -0.4 is 4.74 Å². The molecule has 0 radical (unpaired) electrons. The summed E-state index contributed by atoms with van der Waals surface area (Å²) in [6.45, 7) is 4.95. The quantitative estimate of drug-likeness (QED) is 0.565. The van der Waals surface area contributed by atoms with Gasteiger partial charge in [0, 0.05) is 50.4 Å². The average Bonchev–Trinajstić information content (AvgIpc) is 2.83. The van der Waals surface area contributed by atoms with Crippen molar-refractivity contribution in [2.24, 2.45) is 0 Å². The number of morpholine rings is 1.